The summed E-state index contributed by atoms with van der Waals surface area (Å²) < 4.78 is 19.2. The zero-order valence-electron chi connectivity index (χ0n) is 20.8. The number of ketones is 1. The number of halogens is 2. The normalized spacial score (nSPS) is 16.6. The summed E-state index contributed by atoms with van der Waals surface area (Å²) in [4.78, 5) is 32.5. The lowest BCUT2D eigenvalue weighted by Crippen LogP contribution is -2.54. The second kappa shape index (κ2) is 10.8. The topological polar surface area (TPSA) is 54.2 Å². The van der Waals surface area contributed by atoms with Gasteiger partial charge < -0.3 is 9.64 Å². The minimum absolute atomic E-state index is 0.00532. The number of carbonyl (C=O) groups is 2. The van der Waals surface area contributed by atoms with Crippen LogP contribution in [0, 0.1) is 19.3 Å². The standard InChI is InChI=1S/C27H31ClFN3O3/c1-17-15-31(9-10-32(17)26(34)35-27(3,4)5)16-21-12-22(28)11-20(18(21)2)14-25(33)19-7-8-23(29)24(13-19)30-6/h7-8,11-13,17H,9-10,14-16H2,1-5H3/t17-/m0/s1. The number of Topliss-reactive ketones (excluding diaryl/α,β-unsaturated/α-hetero) is 1. The zero-order chi connectivity index (χ0) is 25.9. The van der Waals surface area contributed by atoms with Gasteiger partial charge in [0.05, 0.1) is 6.57 Å². The Bertz CT molecular complexity index is 1170. The SMILES string of the molecule is [C-]#[N+]c1cc(C(=O)Cc2cc(Cl)cc(CN3CCN(C(=O)OC(C)(C)C)[C@@H](C)C3)c2C)ccc1F. The number of rotatable bonds is 5. The molecular weight excluding hydrogens is 469 g/mol. The number of benzene rings is 2. The Morgan fingerprint density at radius 3 is 2.51 bits per heavy atom. The van der Waals surface area contributed by atoms with Crippen LogP contribution in [0.1, 0.15) is 54.7 Å². The van der Waals surface area contributed by atoms with Gasteiger partial charge in [-0.3, -0.25) is 9.69 Å². The minimum Gasteiger partial charge on any atom is -0.444 e. The molecule has 1 heterocycles. The van der Waals surface area contributed by atoms with E-state index in [9.17, 15) is 14.0 Å². The van der Waals surface area contributed by atoms with Gasteiger partial charge in [0.15, 0.2) is 5.78 Å². The molecule has 8 heteroatoms. The molecule has 3 rings (SSSR count). The summed E-state index contributed by atoms with van der Waals surface area (Å²) in [5.74, 6) is -0.843. The van der Waals surface area contributed by atoms with Gasteiger partial charge in [0.1, 0.15) is 11.4 Å². The lowest BCUT2D eigenvalue weighted by molar-refractivity contribution is 0.000531. The molecule has 6 nitrogen and oxygen atoms in total. The third kappa shape index (κ3) is 6.81. The van der Waals surface area contributed by atoms with Gasteiger partial charge in [0.2, 0.25) is 5.69 Å². The van der Waals surface area contributed by atoms with Crippen molar-refractivity contribution in [2.45, 2.75) is 59.2 Å². The fourth-order valence-electron chi connectivity index (χ4n) is 4.20. The van der Waals surface area contributed by atoms with E-state index in [0.717, 1.165) is 22.8 Å². The first-order valence-electron chi connectivity index (χ1n) is 11.6. The molecule has 1 saturated heterocycles. The van der Waals surface area contributed by atoms with Crippen LogP contribution in [0.15, 0.2) is 30.3 Å². The summed E-state index contributed by atoms with van der Waals surface area (Å²) in [6.45, 7) is 19.2. The smallest absolute Gasteiger partial charge is 0.410 e. The summed E-state index contributed by atoms with van der Waals surface area (Å²) in [5, 5.41) is 0.537. The molecule has 0 unspecified atom stereocenters. The Morgan fingerprint density at radius 1 is 1.20 bits per heavy atom. The van der Waals surface area contributed by atoms with Crippen LogP contribution in [0.3, 0.4) is 0 Å². The first-order valence-corrected chi connectivity index (χ1v) is 12.0. The maximum atomic E-state index is 13.6. The Kier molecular flexibility index (Phi) is 8.19. The molecule has 1 aliphatic rings. The van der Waals surface area contributed by atoms with Crippen molar-refractivity contribution in [2.75, 3.05) is 19.6 Å². The molecular formula is C27H31ClFN3O3. The number of amides is 1. The average Bonchev–Trinajstić information content (AvgIpc) is 2.76. The van der Waals surface area contributed by atoms with Crippen molar-refractivity contribution in [1.82, 2.24) is 9.80 Å². The largest absolute Gasteiger partial charge is 0.444 e. The Labute approximate surface area is 211 Å². The van der Waals surface area contributed by atoms with Crippen LogP contribution >= 0.6 is 11.6 Å². The predicted octanol–water partition coefficient (Wildman–Crippen LogP) is 6.20. The van der Waals surface area contributed by atoms with E-state index >= 15 is 0 Å². The molecule has 0 spiro atoms. The number of carbonyl (C=O) groups excluding carboxylic acids is 2. The van der Waals surface area contributed by atoms with Crippen LogP contribution in [0.25, 0.3) is 4.85 Å². The van der Waals surface area contributed by atoms with E-state index in [-0.39, 0.29) is 30.0 Å². The minimum atomic E-state index is -0.640. The van der Waals surface area contributed by atoms with Crippen LogP contribution in [0.5, 0.6) is 0 Å². The number of hydrogen-bond donors (Lipinski definition) is 0. The number of nitrogens with zero attached hydrogens (tertiary/aromatic N) is 3. The van der Waals surface area contributed by atoms with Crippen molar-refractivity contribution in [3.63, 3.8) is 0 Å². The number of piperazine rings is 1. The summed E-state index contributed by atoms with van der Waals surface area (Å²) in [6, 6.07) is 7.52. The Balaban J connectivity index is 1.71. The van der Waals surface area contributed by atoms with Gasteiger partial charge >= 0.3 is 6.09 Å². The van der Waals surface area contributed by atoms with Gasteiger partial charge in [-0.1, -0.05) is 17.7 Å². The highest BCUT2D eigenvalue weighted by atomic mass is 35.5. The van der Waals surface area contributed by atoms with E-state index in [4.69, 9.17) is 22.9 Å². The second-order valence-electron chi connectivity index (χ2n) is 9.98. The molecule has 2 aromatic rings. The highest BCUT2D eigenvalue weighted by molar-refractivity contribution is 6.30. The monoisotopic (exact) mass is 499 g/mol. The Hall–Kier alpha value is -2.95. The van der Waals surface area contributed by atoms with E-state index in [1.165, 1.54) is 12.1 Å². The molecule has 0 saturated carbocycles. The van der Waals surface area contributed by atoms with E-state index in [0.29, 0.717) is 36.8 Å². The van der Waals surface area contributed by atoms with Gasteiger partial charge in [0.25, 0.3) is 0 Å². The van der Waals surface area contributed by atoms with E-state index in [1.54, 1.807) is 11.0 Å². The molecule has 1 fully saturated rings. The van der Waals surface area contributed by atoms with Crippen molar-refractivity contribution in [1.29, 1.82) is 0 Å². The van der Waals surface area contributed by atoms with Gasteiger partial charge in [0, 0.05) is 49.2 Å². The lowest BCUT2D eigenvalue weighted by Gasteiger charge is -2.40. The summed E-state index contributed by atoms with van der Waals surface area (Å²) in [5.41, 5.74) is 2.37. The maximum Gasteiger partial charge on any atom is 0.410 e. The second-order valence-corrected chi connectivity index (χ2v) is 10.4. The van der Waals surface area contributed by atoms with Crippen molar-refractivity contribution in [3.05, 3.63) is 74.8 Å². The molecule has 0 radical (unpaired) electrons. The molecule has 0 aliphatic carbocycles. The first kappa shape index (κ1) is 26.7. The predicted molar refractivity (Wildman–Crippen MR) is 135 cm³/mol. The molecule has 186 valence electrons. The van der Waals surface area contributed by atoms with Gasteiger partial charge in [-0.05, 0) is 75.6 Å². The average molecular weight is 500 g/mol. The van der Waals surface area contributed by atoms with Crippen LogP contribution in [0.4, 0.5) is 14.9 Å². The fourth-order valence-corrected chi connectivity index (χ4v) is 4.46. The van der Waals surface area contributed by atoms with Crippen LogP contribution in [-0.2, 0) is 17.7 Å². The van der Waals surface area contributed by atoms with E-state index < -0.39 is 11.4 Å². The summed E-state index contributed by atoms with van der Waals surface area (Å²) in [6.07, 6.45) is -0.197. The summed E-state index contributed by atoms with van der Waals surface area (Å²) >= 11 is 6.40. The molecule has 0 aromatic heterocycles. The number of ether oxygens (including phenoxy) is 1. The lowest BCUT2D eigenvalue weighted by atomic mass is 9.95. The molecule has 0 bridgehead atoms. The molecule has 1 amide bonds. The third-order valence-corrected chi connectivity index (χ3v) is 6.28. The van der Waals surface area contributed by atoms with Gasteiger partial charge in [-0.25, -0.2) is 14.0 Å². The maximum absolute atomic E-state index is 13.6. The van der Waals surface area contributed by atoms with Crippen LogP contribution < -0.4 is 0 Å². The first-order chi connectivity index (χ1) is 16.4. The van der Waals surface area contributed by atoms with Gasteiger partial charge in [-0.15, -0.1) is 0 Å². The molecule has 2 aromatic carbocycles. The van der Waals surface area contributed by atoms with Crippen molar-refractivity contribution in [2.24, 2.45) is 0 Å². The quantitative estimate of drug-likeness (QED) is 0.363. The van der Waals surface area contributed by atoms with Crippen molar-refractivity contribution in [3.8, 4) is 0 Å². The van der Waals surface area contributed by atoms with Gasteiger partial charge in [-0.2, -0.15) is 0 Å². The zero-order valence-corrected chi connectivity index (χ0v) is 21.6. The fraction of sp³-hybridized carbons (Fsp3) is 0.444. The molecule has 35 heavy (non-hydrogen) atoms. The summed E-state index contributed by atoms with van der Waals surface area (Å²) in [7, 11) is 0. The van der Waals surface area contributed by atoms with Crippen molar-refractivity contribution < 1.29 is 18.7 Å². The highest BCUT2D eigenvalue weighted by Crippen LogP contribution is 2.26. The molecule has 1 aliphatic heterocycles. The number of hydrogen-bond acceptors (Lipinski definition) is 4. The molecule has 0 N–H and O–H groups in total. The van der Waals surface area contributed by atoms with Crippen LogP contribution in [-0.4, -0.2) is 53.0 Å². The van der Waals surface area contributed by atoms with E-state index in [1.807, 2.05) is 40.7 Å². The Morgan fingerprint density at radius 2 is 1.89 bits per heavy atom. The highest BCUT2D eigenvalue weighted by Gasteiger charge is 2.31. The van der Waals surface area contributed by atoms with Crippen LogP contribution in [0.2, 0.25) is 5.02 Å². The van der Waals surface area contributed by atoms with Crippen molar-refractivity contribution >= 4 is 29.2 Å². The third-order valence-electron chi connectivity index (χ3n) is 6.06. The van der Waals surface area contributed by atoms with E-state index in [2.05, 4.69) is 9.74 Å². The molecule has 1 atom stereocenters.